The Morgan fingerprint density at radius 2 is 1.86 bits per heavy atom. The van der Waals surface area contributed by atoms with Gasteiger partial charge in [-0.05, 0) is 48.2 Å². The van der Waals surface area contributed by atoms with Crippen molar-refractivity contribution in [1.82, 2.24) is 9.55 Å². The van der Waals surface area contributed by atoms with Crippen LogP contribution < -0.4 is 0 Å². The Labute approximate surface area is 185 Å². The molecule has 29 heavy (non-hydrogen) atoms. The number of aromatic nitrogens is 2. The molecule has 0 atom stereocenters. The molecule has 0 N–H and O–H groups in total. The molecule has 1 aromatic heterocycles. The van der Waals surface area contributed by atoms with Crippen LogP contribution in [0, 0.1) is 5.41 Å². The summed E-state index contributed by atoms with van der Waals surface area (Å²) in [6, 6.07) is 11.3. The first-order valence-electron chi connectivity index (χ1n) is 9.43. The first kappa shape index (κ1) is 21.9. The third-order valence-electron chi connectivity index (χ3n) is 4.68. The van der Waals surface area contributed by atoms with Crippen LogP contribution in [0.5, 0.6) is 0 Å². The summed E-state index contributed by atoms with van der Waals surface area (Å²) in [7, 11) is 0. The molecule has 0 spiro atoms. The Kier molecular flexibility index (Phi) is 6.77. The molecule has 0 aliphatic rings. The number of esters is 1. The second kappa shape index (κ2) is 8.95. The van der Waals surface area contributed by atoms with Gasteiger partial charge in [0.1, 0.15) is 5.82 Å². The van der Waals surface area contributed by atoms with Gasteiger partial charge in [-0.3, -0.25) is 4.79 Å². The summed E-state index contributed by atoms with van der Waals surface area (Å²) in [5, 5.41) is 1.67. The molecule has 0 unspecified atom stereocenters. The predicted octanol–water partition coefficient (Wildman–Crippen LogP) is 6.57. The smallest absolute Gasteiger partial charge is 0.306 e. The number of imidazole rings is 1. The lowest BCUT2D eigenvalue weighted by molar-refractivity contribution is -0.145. The third kappa shape index (κ3) is 5.44. The van der Waals surface area contributed by atoms with E-state index in [1.807, 2.05) is 51.1 Å². The minimum atomic E-state index is -0.313. The number of carbonyl (C=O) groups excluding carboxylic acids is 1. The van der Waals surface area contributed by atoms with Gasteiger partial charge in [-0.1, -0.05) is 54.7 Å². The molecule has 0 fully saturated rings. The summed E-state index contributed by atoms with van der Waals surface area (Å²) in [5.74, 6) is 0.676. The molecule has 0 aliphatic carbocycles. The number of hydrogen-bond donors (Lipinski definition) is 0. The fourth-order valence-corrected chi connectivity index (χ4v) is 3.87. The number of benzene rings is 2. The number of ether oxygens (including phenoxy) is 1. The van der Waals surface area contributed by atoms with Gasteiger partial charge in [0.05, 0.1) is 34.1 Å². The first-order valence-corrected chi connectivity index (χ1v) is 10.6. The molecule has 0 radical (unpaired) electrons. The third-order valence-corrected chi connectivity index (χ3v) is 5.65. The van der Waals surface area contributed by atoms with Gasteiger partial charge in [0.15, 0.2) is 0 Å². The van der Waals surface area contributed by atoms with E-state index in [9.17, 15) is 4.79 Å². The van der Waals surface area contributed by atoms with E-state index < -0.39 is 0 Å². The Morgan fingerprint density at radius 3 is 2.55 bits per heavy atom. The molecule has 0 bridgehead atoms. The lowest BCUT2D eigenvalue weighted by atomic mass is 9.85. The molecule has 0 aliphatic heterocycles. The van der Waals surface area contributed by atoms with Crippen molar-refractivity contribution in [2.75, 3.05) is 6.61 Å². The van der Waals surface area contributed by atoms with Crippen LogP contribution in [0.3, 0.4) is 0 Å². The highest BCUT2D eigenvalue weighted by Crippen LogP contribution is 2.30. The van der Waals surface area contributed by atoms with Crippen molar-refractivity contribution in [3.63, 3.8) is 0 Å². The zero-order valence-corrected chi connectivity index (χ0v) is 18.9. The number of carbonyl (C=O) groups is 1. The van der Waals surface area contributed by atoms with Crippen molar-refractivity contribution in [3.05, 3.63) is 62.9 Å². The molecule has 2 aromatic carbocycles. The summed E-state index contributed by atoms with van der Waals surface area (Å²) < 4.78 is 7.27. The van der Waals surface area contributed by atoms with Gasteiger partial charge in [0, 0.05) is 18.0 Å². The van der Waals surface area contributed by atoms with E-state index >= 15 is 0 Å². The topological polar surface area (TPSA) is 44.1 Å². The lowest BCUT2D eigenvalue weighted by Crippen LogP contribution is -2.23. The first-order chi connectivity index (χ1) is 13.7. The summed E-state index contributed by atoms with van der Waals surface area (Å²) in [6.45, 7) is 6.86. The average molecular weight is 454 g/mol. The maximum absolute atomic E-state index is 12.0. The van der Waals surface area contributed by atoms with E-state index in [0.717, 1.165) is 22.4 Å². The summed E-state index contributed by atoms with van der Waals surface area (Å²) >= 11 is 18.4. The van der Waals surface area contributed by atoms with Gasteiger partial charge >= 0.3 is 5.97 Å². The monoisotopic (exact) mass is 452 g/mol. The van der Waals surface area contributed by atoms with E-state index in [2.05, 4.69) is 4.57 Å². The highest BCUT2D eigenvalue weighted by Gasteiger charge is 2.26. The summed E-state index contributed by atoms with van der Waals surface area (Å²) in [5.41, 5.74) is 2.49. The fourth-order valence-electron chi connectivity index (χ4n) is 3.38. The number of rotatable bonds is 7. The second-order valence-electron chi connectivity index (χ2n) is 7.82. The van der Waals surface area contributed by atoms with Crippen molar-refractivity contribution in [1.29, 1.82) is 0 Å². The maximum Gasteiger partial charge on any atom is 0.306 e. The number of fused-ring (bicyclic) bond motifs is 1. The van der Waals surface area contributed by atoms with Crippen molar-refractivity contribution in [2.24, 2.45) is 5.41 Å². The molecular formula is C22H23Cl3N2O2. The van der Waals surface area contributed by atoms with E-state index in [1.54, 1.807) is 6.07 Å². The Morgan fingerprint density at radius 1 is 1.10 bits per heavy atom. The van der Waals surface area contributed by atoms with Gasteiger partial charge in [0.2, 0.25) is 0 Å². The molecule has 7 heteroatoms. The van der Waals surface area contributed by atoms with Crippen LogP contribution in [0.15, 0.2) is 36.4 Å². The number of hydrogen-bond acceptors (Lipinski definition) is 3. The Hall–Kier alpha value is -1.75. The van der Waals surface area contributed by atoms with Crippen LogP contribution in [0.4, 0.5) is 0 Å². The van der Waals surface area contributed by atoms with Gasteiger partial charge in [-0.25, -0.2) is 4.98 Å². The molecule has 1 heterocycles. The molecule has 3 rings (SSSR count). The number of nitrogens with zero attached hydrogens (tertiary/aromatic N) is 2. The standard InChI is InChI=1S/C22H23Cl3N2O2/c1-4-29-21(28)12-22(2,3)11-20-26-18-10-15(23)6-8-19(18)27(20)13-14-5-7-16(24)17(25)9-14/h5-10H,4,11-13H2,1-3H3. The average Bonchev–Trinajstić information content (AvgIpc) is 2.93. The quantitative estimate of drug-likeness (QED) is 0.380. The van der Waals surface area contributed by atoms with E-state index in [4.69, 9.17) is 44.5 Å². The van der Waals surface area contributed by atoms with Gasteiger partial charge < -0.3 is 9.30 Å². The van der Waals surface area contributed by atoms with Crippen molar-refractivity contribution >= 4 is 51.8 Å². The van der Waals surface area contributed by atoms with Crippen molar-refractivity contribution in [2.45, 2.75) is 40.2 Å². The summed E-state index contributed by atoms with van der Waals surface area (Å²) in [4.78, 5) is 16.8. The maximum atomic E-state index is 12.0. The van der Waals surface area contributed by atoms with Crippen molar-refractivity contribution < 1.29 is 9.53 Å². The molecule has 154 valence electrons. The van der Waals surface area contributed by atoms with Crippen LogP contribution in [0.25, 0.3) is 11.0 Å². The Balaban J connectivity index is 1.98. The van der Waals surface area contributed by atoms with E-state index in [-0.39, 0.29) is 11.4 Å². The van der Waals surface area contributed by atoms with Crippen LogP contribution in [-0.2, 0) is 22.5 Å². The van der Waals surface area contributed by atoms with Gasteiger partial charge in [-0.15, -0.1) is 0 Å². The molecule has 0 amide bonds. The zero-order chi connectivity index (χ0) is 21.2. The highest BCUT2D eigenvalue weighted by molar-refractivity contribution is 6.42. The highest BCUT2D eigenvalue weighted by atomic mass is 35.5. The van der Waals surface area contributed by atoms with Crippen LogP contribution >= 0.6 is 34.8 Å². The largest absolute Gasteiger partial charge is 0.466 e. The molecule has 4 nitrogen and oxygen atoms in total. The summed E-state index contributed by atoms with van der Waals surface area (Å²) in [6.07, 6.45) is 0.928. The Bertz CT molecular complexity index is 1040. The van der Waals surface area contributed by atoms with Crippen molar-refractivity contribution in [3.8, 4) is 0 Å². The van der Waals surface area contributed by atoms with Crippen LogP contribution in [-0.4, -0.2) is 22.1 Å². The zero-order valence-electron chi connectivity index (χ0n) is 16.6. The number of halogens is 3. The van der Waals surface area contributed by atoms with E-state index in [0.29, 0.717) is 41.1 Å². The normalized spacial score (nSPS) is 11.8. The molecule has 0 saturated heterocycles. The fraction of sp³-hybridized carbons (Fsp3) is 0.364. The molecule has 0 saturated carbocycles. The minimum absolute atomic E-state index is 0.201. The van der Waals surface area contributed by atoms with Gasteiger partial charge in [-0.2, -0.15) is 0 Å². The molecule has 3 aromatic rings. The second-order valence-corrected chi connectivity index (χ2v) is 9.07. The van der Waals surface area contributed by atoms with Gasteiger partial charge in [0.25, 0.3) is 0 Å². The van der Waals surface area contributed by atoms with E-state index in [1.165, 1.54) is 0 Å². The van der Waals surface area contributed by atoms with Crippen LogP contribution in [0.2, 0.25) is 15.1 Å². The molecular weight excluding hydrogens is 431 g/mol. The SMILES string of the molecule is CCOC(=O)CC(C)(C)Cc1nc2cc(Cl)ccc2n1Cc1ccc(Cl)c(Cl)c1. The minimum Gasteiger partial charge on any atom is -0.466 e. The predicted molar refractivity (Wildman–Crippen MR) is 119 cm³/mol. The lowest BCUT2D eigenvalue weighted by Gasteiger charge is -2.23. The van der Waals surface area contributed by atoms with Crippen LogP contribution in [0.1, 0.15) is 38.6 Å².